The third-order valence-electron chi connectivity index (χ3n) is 3.88. The molecule has 0 amide bonds. The zero-order chi connectivity index (χ0) is 13.4. The molecule has 0 aromatic heterocycles. The highest BCUT2D eigenvalue weighted by atomic mass is 16.5. The maximum Gasteiger partial charge on any atom is 0.166 e. The summed E-state index contributed by atoms with van der Waals surface area (Å²) in [7, 11) is 1.65. The highest BCUT2D eigenvalue weighted by molar-refractivity contribution is 6.01. The number of ketones is 1. The fraction of sp³-hybridized carbons (Fsp3) is 0.312. The number of nitrogens with two attached hydrogens (primary N) is 1. The number of benzene rings is 2. The van der Waals surface area contributed by atoms with Gasteiger partial charge in [-0.2, -0.15) is 0 Å². The maximum atomic E-state index is 12.3. The van der Waals surface area contributed by atoms with Crippen molar-refractivity contribution in [2.45, 2.75) is 18.9 Å². The zero-order valence-electron chi connectivity index (χ0n) is 10.9. The number of ether oxygens (including phenoxy) is 1. The van der Waals surface area contributed by atoms with Gasteiger partial charge in [-0.15, -0.1) is 0 Å². The van der Waals surface area contributed by atoms with Crippen LogP contribution in [0.4, 0.5) is 0 Å². The van der Waals surface area contributed by atoms with Crippen molar-refractivity contribution >= 4 is 16.6 Å². The molecule has 3 heteroatoms. The predicted octanol–water partition coefficient (Wildman–Crippen LogP) is 2.77. The largest absolute Gasteiger partial charge is 0.497 e. The topological polar surface area (TPSA) is 52.3 Å². The Morgan fingerprint density at radius 2 is 1.84 bits per heavy atom. The van der Waals surface area contributed by atoms with Crippen molar-refractivity contribution < 1.29 is 9.53 Å². The summed E-state index contributed by atoms with van der Waals surface area (Å²) >= 11 is 0. The van der Waals surface area contributed by atoms with Gasteiger partial charge < -0.3 is 10.5 Å². The van der Waals surface area contributed by atoms with Gasteiger partial charge in [0.1, 0.15) is 5.75 Å². The Morgan fingerprint density at radius 1 is 1.16 bits per heavy atom. The Balaban J connectivity index is 1.91. The summed E-state index contributed by atoms with van der Waals surface area (Å²) in [5.41, 5.74) is 6.53. The number of hydrogen-bond acceptors (Lipinski definition) is 3. The van der Waals surface area contributed by atoms with Gasteiger partial charge >= 0.3 is 0 Å². The molecule has 0 atom stereocenters. The number of carbonyl (C=O) groups excluding carboxylic acids is 1. The number of hydrogen-bond donors (Lipinski definition) is 1. The number of rotatable bonds is 3. The third-order valence-corrected chi connectivity index (χ3v) is 3.88. The van der Waals surface area contributed by atoms with Crippen LogP contribution in [-0.2, 0) is 0 Å². The maximum absolute atomic E-state index is 12.3. The van der Waals surface area contributed by atoms with Crippen molar-refractivity contribution in [1.82, 2.24) is 0 Å². The average molecular weight is 255 g/mol. The standard InChI is InChI=1S/C16H17NO2/c1-19-15-5-4-10-6-12(3-2-11(10)9-15)16(18)13-7-14(17)8-13/h2-6,9,13-14H,7-8,17H2,1H3. The highest BCUT2D eigenvalue weighted by Crippen LogP contribution is 2.30. The first kappa shape index (κ1) is 12.2. The molecule has 98 valence electrons. The first-order valence-electron chi connectivity index (χ1n) is 6.55. The summed E-state index contributed by atoms with van der Waals surface area (Å²) in [6.07, 6.45) is 1.64. The first-order valence-corrected chi connectivity index (χ1v) is 6.55. The molecule has 1 saturated carbocycles. The minimum Gasteiger partial charge on any atom is -0.497 e. The van der Waals surface area contributed by atoms with E-state index < -0.39 is 0 Å². The van der Waals surface area contributed by atoms with E-state index in [2.05, 4.69) is 0 Å². The molecule has 2 aromatic rings. The van der Waals surface area contributed by atoms with Crippen molar-refractivity contribution in [2.24, 2.45) is 11.7 Å². The molecule has 0 saturated heterocycles. The lowest BCUT2D eigenvalue weighted by Gasteiger charge is -2.31. The van der Waals surface area contributed by atoms with Crippen LogP contribution in [0.2, 0.25) is 0 Å². The second kappa shape index (κ2) is 4.67. The van der Waals surface area contributed by atoms with Gasteiger partial charge in [-0.3, -0.25) is 4.79 Å². The molecule has 0 spiro atoms. The van der Waals surface area contributed by atoms with E-state index in [0.29, 0.717) is 0 Å². The molecule has 0 radical (unpaired) electrons. The van der Waals surface area contributed by atoms with Crippen molar-refractivity contribution in [2.75, 3.05) is 7.11 Å². The van der Waals surface area contributed by atoms with Gasteiger partial charge in [0.05, 0.1) is 7.11 Å². The Kier molecular flexibility index (Phi) is 2.99. The molecule has 3 rings (SSSR count). The highest BCUT2D eigenvalue weighted by Gasteiger charge is 2.32. The van der Waals surface area contributed by atoms with Gasteiger partial charge in [0.25, 0.3) is 0 Å². The molecule has 1 aliphatic rings. The van der Waals surface area contributed by atoms with Crippen LogP contribution in [0, 0.1) is 5.92 Å². The van der Waals surface area contributed by atoms with Gasteiger partial charge in [0, 0.05) is 17.5 Å². The molecular weight excluding hydrogens is 238 g/mol. The van der Waals surface area contributed by atoms with E-state index in [1.165, 1.54) is 0 Å². The van der Waals surface area contributed by atoms with Crippen LogP contribution in [0.3, 0.4) is 0 Å². The molecule has 3 nitrogen and oxygen atoms in total. The Bertz CT molecular complexity index is 630. The fourth-order valence-electron chi connectivity index (χ4n) is 2.62. The number of carbonyl (C=O) groups is 1. The minimum atomic E-state index is 0.116. The quantitative estimate of drug-likeness (QED) is 0.858. The van der Waals surface area contributed by atoms with E-state index >= 15 is 0 Å². The van der Waals surface area contributed by atoms with Crippen LogP contribution < -0.4 is 10.5 Å². The average Bonchev–Trinajstić information content (AvgIpc) is 2.42. The minimum absolute atomic E-state index is 0.116. The SMILES string of the molecule is COc1ccc2cc(C(=O)C3CC(N)C3)ccc2c1. The summed E-state index contributed by atoms with van der Waals surface area (Å²) in [5.74, 6) is 1.17. The molecule has 2 N–H and O–H groups in total. The molecule has 1 aliphatic carbocycles. The monoisotopic (exact) mass is 255 g/mol. The van der Waals surface area contributed by atoms with E-state index in [-0.39, 0.29) is 17.7 Å². The lowest BCUT2D eigenvalue weighted by Crippen LogP contribution is -2.40. The lowest BCUT2D eigenvalue weighted by molar-refractivity contribution is 0.0833. The Labute approximate surface area is 112 Å². The second-order valence-corrected chi connectivity index (χ2v) is 5.22. The van der Waals surface area contributed by atoms with Crippen LogP contribution in [0.1, 0.15) is 23.2 Å². The summed E-state index contributed by atoms with van der Waals surface area (Å²) in [6, 6.07) is 11.9. The predicted molar refractivity (Wildman–Crippen MR) is 75.5 cm³/mol. The molecule has 19 heavy (non-hydrogen) atoms. The van der Waals surface area contributed by atoms with Gasteiger partial charge in [0.2, 0.25) is 0 Å². The molecule has 1 fully saturated rings. The smallest absolute Gasteiger partial charge is 0.166 e. The van der Waals surface area contributed by atoms with E-state index in [0.717, 1.165) is 34.9 Å². The number of methoxy groups -OCH3 is 1. The zero-order valence-corrected chi connectivity index (χ0v) is 10.9. The third kappa shape index (κ3) is 2.22. The fourth-order valence-corrected chi connectivity index (χ4v) is 2.62. The van der Waals surface area contributed by atoms with Gasteiger partial charge in [0.15, 0.2) is 5.78 Å². The summed E-state index contributed by atoms with van der Waals surface area (Å²) in [5, 5.41) is 2.15. The van der Waals surface area contributed by atoms with E-state index in [9.17, 15) is 4.79 Å². The Morgan fingerprint density at radius 3 is 2.53 bits per heavy atom. The van der Waals surface area contributed by atoms with Crippen LogP contribution in [0.25, 0.3) is 10.8 Å². The van der Waals surface area contributed by atoms with Crippen LogP contribution in [-0.4, -0.2) is 18.9 Å². The summed E-state index contributed by atoms with van der Waals surface area (Å²) in [6.45, 7) is 0. The molecule has 0 aliphatic heterocycles. The van der Waals surface area contributed by atoms with Crippen LogP contribution in [0.15, 0.2) is 36.4 Å². The summed E-state index contributed by atoms with van der Waals surface area (Å²) < 4.78 is 5.20. The van der Waals surface area contributed by atoms with Crippen molar-refractivity contribution in [3.63, 3.8) is 0 Å². The van der Waals surface area contributed by atoms with Gasteiger partial charge in [-0.25, -0.2) is 0 Å². The van der Waals surface area contributed by atoms with Crippen molar-refractivity contribution in [3.8, 4) is 5.75 Å². The number of fused-ring (bicyclic) bond motifs is 1. The number of Topliss-reactive ketones (excluding diaryl/α,β-unsaturated/α-hetero) is 1. The first-order chi connectivity index (χ1) is 9.17. The Hall–Kier alpha value is -1.87. The molecular formula is C16H17NO2. The summed E-state index contributed by atoms with van der Waals surface area (Å²) in [4.78, 5) is 12.3. The molecule has 2 aromatic carbocycles. The van der Waals surface area contributed by atoms with Gasteiger partial charge in [-0.1, -0.05) is 18.2 Å². The van der Waals surface area contributed by atoms with Crippen molar-refractivity contribution in [3.05, 3.63) is 42.0 Å². The lowest BCUT2D eigenvalue weighted by atomic mass is 9.76. The van der Waals surface area contributed by atoms with E-state index in [1.54, 1.807) is 7.11 Å². The van der Waals surface area contributed by atoms with Crippen LogP contribution in [0.5, 0.6) is 5.75 Å². The normalized spacial score (nSPS) is 22.0. The van der Waals surface area contributed by atoms with Crippen LogP contribution >= 0.6 is 0 Å². The second-order valence-electron chi connectivity index (χ2n) is 5.22. The van der Waals surface area contributed by atoms with Crippen molar-refractivity contribution in [1.29, 1.82) is 0 Å². The van der Waals surface area contributed by atoms with E-state index in [1.807, 2.05) is 36.4 Å². The van der Waals surface area contributed by atoms with Gasteiger partial charge in [-0.05, 0) is 41.8 Å². The molecule has 0 bridgehead atoms. The molecule has 0 heterocycles. The van der Waals surface area contributed by atoms with E-state index in [4.69, 9.17) is 10.5 Å². The molecule has 0 unspecified atom stereocenters.